The van der Waals surface area contributed by atoms with Gasteiger partial charge >= 0.3 is 0 Å². The molecule has 28 heavy (non-hydrogen) atoms. The first-order valence-corrected chi connectivity index (χ1v) is 9.64. The van der Waals surface area contributed by atoms with Gasteiger partial charge in [0, 0.05) is 25.7 Å². The van der Waals surface area contributed by atoms with E-state index in [1.165, 1.54) is 0 Å². The van der Waals surface area contributed by atoms with Gasteiger partial charge in [0.25, 0.3) is 0 Å². The van der Waals surface area contributed by atoms with Crippen molar-refractivity contribution < 1.29 is 13.9 Å². The van der Waals surface area contributed by atoms with Gasteiger partial charge in [0.2, 0.25) is 17.5 Å². The molecule has 148 valence electrons. The van der Waals surface area contributed by atoms with Gasteiger partial charge in [-0.1, -0.05) is 12.1 Å². The van der Waals surface area contributed by atoms with Gasteiger partial charge in [0.15, 0.2) is 0 Å². The van der Waals surface area contributed by atoms with Crippen LogP contribution in [0.3, 0.4) is 0 Å². The summed E-state index contributed by atoms with van der Waals surface area (Å²) in [5, 5.41) is 12.5. The van der Waals surface area contributed by atoms with E-state index in [1.807, 2.05) is 37.3 Å². The Bertz CT molecular complexity index is 802. The maximum absolute atomic E-state index is 9.29. The molecule has 0 atom stereocenters. The van der Waals surface area contributed by atoms with Crippen LogP contribution < -0.4 is 10.1 Å². The lowest BCUT2D eigenvalue weighted by Gasteiger charge is -2.26. The van der Waals surface area contributed by atoms with Crippen molar-refractivity contribution in [3.05, 3.63) is 41.4 Å². The highest BCUT2D eigenvalue weighted by molar-refractivity contribution is 5.67. The molecule has 7 nitrogen and oxygen atoms in total. The molecule has 1 N–H and O–H groups in total. The maximum atomic E-state index is 9.29. The van der Waals surface area contributed by atoms with Crippen LogP contribution in [0.1, 0.15) is 30.5 Å². The SMILES string of the molecule is CCOc1ccc(C=Cc2nc(C#N)c(NCCCN3CCOCC3)o2)cc1. The lowest BCUT2D eigenvalue weighted by atomic mass is 10.2. The van der Waals surface area contributed by atoms with Crippen LogP contribution in [0.5, 0.6) is 5.75 Å². The Morgan fingerprint density at radius 2 is 2.04 bits per heavy atom. The first-order valence-electron chi connectivity index (χ1n) is 9.64. The van der Waals surface area contributed by atoms with Crippen molar-refractivity contribution in [2.24, 2.45) is 0 Å². The monoisotopic (exact) mass is 382 g/mol. The van der Waals surface area contributed by atoms with Crippen molar-refractivity contribution in [2.45, 2.75) is 13.3 Å². The number of benzene rings is 1. The van der Waals surface area contributed by atoms with E-state index in [2.05, 4.69) is 21.3 Å². The second-order valence-electron chi connectivity index (χ2n) is 6.41. The zero-order valence-corrected chi connectivity index (χ0v) is 16.2. The highest BCUT2D eigenvalue weighted by atomic mass is 16.5. The summed E-state index contributed by atoms with van der Waals surface area (Å²) in [5.41, 5.74) is 1.28. The molecule has 1 aromatic carbocycles. The lowest BCUT2D eigenvalue weighted by molar-refractivity contribution is 0.0378. The first-order chi connectivity index (χ1) is 13.8. The Hall–Kier alpha value is -2.82. The van der Waals surface area contributed by atoms with Gasteiger partial charge in [-0.25, -0.2) is 0 Å². The number of morpholine rings is 1. The van der Waals surface area contributed by atoms with E-state index >= 15 is 0 Å². The standard InChI is InChI=1S/C21H26N4O3/c1-2-27-18-7-4-17(5-8-18)6-9-20-24-19(16-22)21(28-20)23-10-3-11-25-12-14-26-15-13-25/h4-9,23H,2-3,10-15H2,1H3. The summed E-state index contributed by atoms with van der Waals surface area (Å²) in [4.78, 5) is 6.61. The molecule has 0 spiro atoms. The molecule has 2 aromatic rings. The predicted octanol–water partition coefficient (Wildman–Crippen LogP) is 3.25. The number of nitrogens with zero attached hydrogens (tertiary/aromatic N) is 3. The number of aromatic nitrogens is 1. The molecule has 1 aliphatic rings. The first kappa shape index (κ1) is 19.9. The fourth-order valence-electron chi connectivity index (χ4n) is 2.94. The molecule has 7 heteroatoms. The topological polar surface area (TPSA) is 83.5 Å². The van der Waals surface area contributed by atoms with Crippen molar-refractivity contribution in [1.82, 2.24) is 9.88 Å². The van der Waals surface area contributed by atoms with E-state index in [-0.39, 0.29) is 5.69 Å². The Morgan fingerprint density at radius 3 is 2.75 bits per heavy atom. The number of ether oxygens (including phenoxy) is 2. The van der Waals surface area contributed by atoms with Crippen LogP contribution in [-0.4, -0.2) is 55.9 Å². The number of rotatable bonds is 9. The predicted molar refractivity (Wildman–Crippen MR) is 108 cm³/mol. The Labute approximate surface area is 165 Å². The molecule has 0 amide bonds. The minimum atomic E-state index is 0.276. The van der Waals surface area contributed by atoms with Crippen LogP contribution in [0.15, 0.2) is 28.7 Å². The van der Waals surface area contributed by atoms with Crippen LogP contribution in [0.2, 0.25) is 0 Å². The molecular formula is C21H26N4O3. The van der Waals surface area contributed by atoms with Gasteiger partial charge < -0.3 is 19.2 Å². The van der Waals surface area contributed by atoms with Crippen LogP contribution >= 0.6 is 0 Å². The third kappa shape index (κ3) is 5.84. The minimum absolute atomic E-state index is 0.276. The smallest absolute Gasteiger partial charge is 0.232 e. The third-order valence-electron chi connectivity index (χ3n) is 4.40. The number of hydrogen-bond acceptors (Lipinski definition) is 7. The van der Waals surface area contributed by atoms with Crippen molar-refractivity contribution in [3.63, 3.8) is 0 Å². The Balaban J connectivity index is 1.52. The number of oxazole rings is 1. The van der Waals surface area contributed by atoms with Gasteiger partial charge in [0.05, 0.1) is 19.8 Å². The normalized spacial score (nSPS) is 14.9. The second-order valence-corrected chi connectivity index (χ2v) is 6.41. The molecule has 1 fully saturated rings. The van der Waals surface area contributed by atoms with Crippen molar-refractivity contribution in [3.8, 4) is 11.8 Å². The summed E-state index contributed by atoms with van der Waals surface area (Å²) in [7, 11) is 0. The zero-order valence-electron chi connectivity index (χ0n) is 16.2. The highest BCUT2D eigenvalue weighted by Crippen LogP contribution is 2.19. The molecule has 0 aliphatic carbocycles. The molecular weight excluding hydrogens is 356 g/mol. The lowest BCUT2D eigenvalue weighted by Crippen LogP contribution is -2.37. The summed E-state index contributed by atoms with van der Waals surface area (Å²) in [6, 6.07) is 9.83. The van der Waals surface area contributed by atoms with E-state index in [4.69, 9.17) is 13.9 Å². The number of nitrogens with one attached hydrogen (secondary N) is 1. The molecule has 0 unspecified atom stereocenters. The van der Waals surface area contributed by atoms with E-state index in [1.54, 1.807) is 6.08 Å². The summed E-state index contributed by atoms with van der Waals surface area (Å²) in [6.07, 6.45) is 4.61. The third-order valence-corrected chi connectivity index (χ3v) is 4.40. The summed E-state index contributed by atoms with van der Waals surface area (Å²) >= 11 is 0. The van der Waals surface area contributed by atoms with Crippen molar-refractivity contribution >= 4 is 18.0 Å². The second kappa shape index (κ2) is 10.5. The summed E-state index contributed by atoms with van der Waals surface area (Å²) < 4.78 is 16.5. The van der Waals surface area contributed by atoms with E-state index < -0.39 is 0 Å². The van der Waals surface area contributed by atoms with Crippen molar-refractivity contribution in [1.29, 1.82) is 5.26 Å². The van der Waals surface area contributed by atoms with E-state index in [0.717, 1.165) is 57.1 Å². The average Bonchev–Trinajstić information content (AvgIpc) is 3.14. The molecule has 1 aromatic heterocycles. The summed E-state index contributed by atoms with van der Waals surface area (Å²) in [6.45, 7) is 7.89. The highest BCUT2D eigenvalue weighted by Gasteiger charge is 2.12. The van der Waals surface area contributed by atoms with Crippen LogP contribution in [0.4, 0.5) is 5.88 Å². The van der Waals surface area contributed by atoms with Gasteiger partial charge in [0.1, 0.15) is 11.8 Å². The fourth-order valence-corrected chi connectivity index (χ4v) is 2.94. The summed E-state index contributed by atoms with van der Waals surface area (Å²) in [5.74, 6) is 1.67. The van der Waals surface area contributed by atoms with Crippen LogP contribution in [0, 0.1) is 11.3 Å². The molecule has 0 bridgehead atoms. The van der Waals surface area contributed by atoms with Gasteiger partial charge in [-0.2, -0.15) is 10.2 Å². The largest absolute Gasteiger partial charge is 0.494 e. The molecule has 2 heterocycles. The fraction of sp³-hybridized carbons (Fsp3) is 0.429. The Morgan fingerprint density at radius 1 is 1.25 bits per heavy atom. The number of nitriles is 1. The van der Waals surface area contributed by atoms with Crippen molar-refractivity contribution in [2.75, 3.05) is 51.3 Å². The minimum Gasteiger partial charge on any atom is -0.494 e. The molecule has 0 radical (unpaired) electrons. The van der Waals surface area contributed by atoms with E-state index in [9.17, 15) is 5.26 Å². The van der Waals surface area contributed by atoms with E-state index in [0.29, 0.717) is 18.4 Å². The van der Waals surface area contributed by atoms with Gasteiger partial charge in [-0.15, -0.1) is 0 Å². The molecule has 1 saturated heterocycles. The Kier molecular flexibility index (Phi) is 7.47. The average molecular weight is 382 g/mol. The number of anilines is 1. The number of hydrogen-bond donors (Lipinski definition) is 1. The van der Waals surface area contributed by atoms with Gasteiger partial charge in [-0.3, -0.25) is 4.90 Å². The molecule has 3 rings (SSSR count). The van der Waals surface area contributed by atoms with Gasteiger partial charge in [-0.05, 0) is 43.7 Å². The maximum Gasteiger partial charge on any atom is 0.232 e. The van der Waals surface area contributed by atoms with Crippen LogP contribution in [-0.2, 0) is 4.74 Å². The van der Waals surface area contributed by atoms with Crippen LogP contribution in [0.25, 0.3) is 12.2 Å². The molecule has 1 aliphatic heterocycles. The molecule has 0 saturated carbocycles. The quantitative estimate of drug-likeness (QED) is 0.667. The zero-order chi connectivity index (χ0) is 19.6.